The Morgan fingerprint density at radius 3 is 2.94 bits per heavy atom. The Hall–Kier alpha value is -0.0831. The molecular formula is C14H26OSi. The standard InChI is InChI=1S/C14H26OSi/c1-16(14-9-5-6-11-15-14)12-10-13-7-3-2-4-8-13/h7,14,16H,2-6,8-12H2,1H3. The molecule has 0 aromatic rings. The smallest absolute Gasteiger partial charge is 0.0689 e. The largest absolute Gasteiger partial charge is 0.382 e. The predicted molar refractivity (Wildman–Crippen MR) is 72.6 cm³/mol. The van der Waals surface area contributed by atoms with Gasteiger partial charge < -0.3 is 4.74 Å². The van der Waals surface area contributed by atoms with Gasteiger partial charge in [-0.2, -0.15) is 0 Å². The molecule has 0 aromatic carbocycles. The molecule has 0 N–H and O–H groups in total. The average Bonchev–Trinajstić information content (AvgIpc) is 2.38. The van der Waals surface area contributed by atoms with Crippen LogP contribution in [0.3, 0.4) is 0 Å². The van der Waals surface area contributed by atoms with E-state index in [1.165, 1.54) is 57.4 Å². The molecule has 1 nitrogen and oxygen atoms in total. The van der Waals surface area contributed by atoms with E-state index in [-0.39, 0.29) is 0 Å². The van der Waals surface area contributed by atoms with Crippen LogP contribution in [-0.2, 0) is 4.74 Å². The highest BCUT2D eigenvalue weighted by Gasteiger charge is 2.21. The maximum atomic E-state index is 5.92. The van der Waals surface area contributed by atoms with Gasteiger partial charge in [0.05, 0.1) is 8.80 Å². The third kappa shape index (κ3) is 3.74. The van der Waals surface area contributed by atoms with E-state index in [0.29, 0.717) is 5.73 Å². The highest BCUT2D eigenvalue weighted by Crippen LogP contribution is 2.24. The molecule has 0 amide bonds. The van der Waals surface area contributed by atoms with Crippen molar-refractivity contribution in [2.75, 3.05) is 6.61 Å². The Kier molecular flexibility index (Phi) is 5.11. The van der Waals surface area contributed by atoms with E-state index in [4.69, 9.17) is 4.74 Å². The van der Waals surface area contributed by atoms with Crippen molar-refractivity contribution in [3.8, 4) is 0 Å². The van der Waals surface area contributed by atoms with E-state index in [2.05, 4.69) is 12.6 Å². The first-order chi connectivity index (χ1) is 7.86. The van der Waals surface area contributed by atoms with Crippen LogP contribution in [0.4, 0.5) is 0 Å². The summed E-state index contributed by atoms with van der Waals surface area (Å²) >= 11 is 0. The normalized spacial score (nSPS) is 28.6. The minimum atomic E-state index is -0.618. The van der Waals surface area contributed by atoms with Gasteiger partial charge in [0, 0.05) is 12.3 Å². The molecule has 2 unspecified atom stereocenters. The minimum absolute atomic E-state index is 0.618. The fourth-order valence-electron chi connectivity index (χ4n) is 2.95. The van der Waals surface area contributed by atoms with Gasteiger partial charge in [-0.3, -0.25) is 0 Å². The van der Waals surface area contributed by atoms with Crippen LogP contribution in [0.1, 0.15) is 51.4 Å². The molecular weight excluding hydrogens is 212 g/mol. The zero-order valence-corrected chi connectivity index (χ0v) is 11.9. The molecule has 0 spiro atoms. The fourth-order valence-corrected chi connectivity index (χ4v) is 5.41. The van der Waals surface area contributed by atoms with E-state index >= 15 is 0 Å². The summed E-state index contributed by atoms with van der Waals surface area (Å²) in [6, 6.07) is 1.47. The lowest BCUT2D eigenvalue weighted by Crippen LogP contribution is -2.33. The topological polar surface area (TPSA) is 9.23 Å². The molecule has 2 aliphatic rings. The average molecular weight is 238 g/mol. The Labute approximate surface area is 102 Å². The third-order valence-electron chi connectivity index (χ3n) is 4.16. The lowest BCUT2D eigenvalue weighted by atomic mass is 9.98. The van der Waals surface area contributed by atoms with Crippen molar-refractivity contribution in [2.45, 2.75) is 69.7 Å². The first kappa shape index (κ1) is 12.4. The second-order valence-electron chi connectivity index (χ2n) is 5.53. The number of rotatable bonds is 4. The summed E-state index contributed by atoms with van der Waals surface area (Å²) in [7, 11) is -0.618. The number of hydrogen-bond donors (Lipinski definition) is 0. The van der Waals surface area contributed by atoms with Crippen molar-refractivity contribution >= 4 is 8.80 Å². The Balaban J connectivity index is 1.69. The van der Waals surface area contributed by atoms with Crippen molar-refractivity contribution in [3.05, 3.63) is 11.6 Å². The van der Waals surface area contributed by atoms with Gasteiger partial charge in [-0.05, 0) is 51.4 Å². The quantitative estimate of drug-likeness (QED) is 0.534. The summed E-state index contributed by atoms with van der Waals surface area (Å²) in [5.41, 5.74) is 2.44. The summed E-state index contributed by atoms with van der Waals surface area (Å²) in [5.74, 6) is 0. The van der Waals surface area contributed by atoms with Crippen LogP contribution in [-0.4, -0.2) is 21.1 Å². The number of allylic oxidation sites excluding steroid dienone is 2. The summed E-state index contributed by atoms with van der Waals surface area (Å²) in [6.45, 7) is 3.55. The molecule has 2 heteroatoms. The van der Waals surface area contributed by atoms with Crippen molar-refractivity contribution in [3.63, 3.8) is 0 Å². The molecule has 92 valence electrons. The first-order valence-corrected chi connectivity index (χ1v) is 9.79. The van der Waals surface area contributed by atoms with Crippen molar-refractivity contribution < 1.29 is 4.74 Å². The van der Waals surface area contributed by atoms with E-state index < -0.39 is 8.80 Å². The fraction of sp³-hybridized carbons (Fsp3) is 0.857. The maximum Gasteiger partial charge on any atom is 0.0689 e. The molecule has 0 bridgehead atoms. The van der Waals surface area contributed by atoms with E-state index in [1.807, 2.05) is 0 Å². The van der Waals surface area contributed by atoms with E-state index in [1.54, 1.807) is 5.57 Å². The molecule has 0 aromatic heterocycles. The Morgan fingerprint density at radius 1 is 1.31 bits per heavy atom. The van der Waals surface area contributed by atoms with E-state index in [0.717, 1.165) is 6.61 Å². The molecule has 1 aliphatic heterocycles. The van der Waals surface area contributed by atoms with Crippen molar-refractivity contribution in [1.82, 2.24) is 0 Å². The van der Waals surface area contributed by atoms with Gasteiger partial charge in [-0.25, -0.2) is 0 Å². The molecule has 2 rings (SSSR count). The summed E-state index contributed by atoms with van der Waals surface area (Å²) in [5, 5.41) is 0. The first-order valence-electron chi connectivity index (χ1n) is 7.16. The highest BCUT2D eigenvalue weighted by molar-refractivity contribution is 6.58. The van der Waals surface area contributed by atoms with Crippen LogP contribution in [0.2, 0.25) is 12.6 Å². The van der Waals surface area contributed by atoms with Crippen molar-refractivity contribution in [1.29, 1.82) is 0 Å². The van der Waals surface area contributed by atoms with Gasteiger partial charge in [0.15, 0.2) is 0 Å². The molecule has 1 aliphatic carbocycles. The number of ether oxygens (including phenoxy) is 1. The van der Waals surface area contributed by atoms with E-state index in [9.17, 15) is 0 Å². The Bertz CT molecular complexity index is 231. The second-order valence-corrected chi connectivity index (χ2v) is 8.80. The van der Waals surface area contributed by atoms with Crippen molar-refractivity contribution in [2.24, 2.45) is 0 Å². The van der Waals surface area contributed by atoms with Crippen LogP contribution in [0.25, 0.3) is 0 Å². The van der Waals surface area contributed by atoms with Crippen LogP contribution < -0.4 is 0 Å². The van der Waals surface area contributed by atoms with Gasteiger partial charge in [-0.1, -0.05) is 24.2 Å². The zero-order chi connectivity index (χ0) is 11.2. The second kappa shape index (κ2) is 6.60. The molecule has 1 heterocycles. The van der Waals surface area contributed by atoms with Gasteiger partial charge in [0.2, 0.25) is 0 Å². The lowest BCUT2D eigenvalue weighted by Gasteiger charge is -2.27. The van der Waals surface area contributed by atoms with Crippen LogP contribution in [0.5, 0.6) is 0 Å². The minimum Gasteiger partial charge on any atom is -0.382 e. The highest BCUT2D eigenvalue weighted by atomic mass is 28.3. The van der Waals surface area contributed by atoms with Crippen LogP contribution in [0.15, 0.2) is 11.6 Å². The maximum absolute atomic E-state index is 5.92. The third-order valence-corrected chi connectivity index (χ3v) is 7.15. The summed E-state index contributed by atoms with van der Waals surface area (Å²) in [6.07, 6.45) is 13.5. The molecule has 0 radical (unpaired) electrons. The monoisotopic (exact) mass is 238 g/mol. The van der Waals surface area contributed by atoms with Crippen LogP contribution in [0, 0.1) is 0 Å². The van der Waals surface area contributed by atoms with Gasteiger partial charge in [0.25, 0.3) is 0 Å². The summed E-state index contributed by atoms with van der Waals surface area (Å²) < 4.78 is 5.92. The lowest BCUT2D eigenvalue weighted by molar-refractivity contribution is 0.0626. The predicted octanol–water partition coefficient (Wildman–Crippen LogP) is 3.84. The number of hydrogen-bond acceptors (Lipinski definition) is 1. The molecule has 0 saturated carbocycles. The van der Waals surface area contributed by atoms with Gasteiger partial charge >= 0.3 is 0 Å². The summed E-state index contributed by atoms with van der Waals surface area (Å²) in [4.78, 5) is 0. The molecule has 16 heavy (non-hydrogen) atoms. The molecule has 1 fully saturated rings. The van der Waals surface area contributed by atoms with Gasteiger partial charge in [-0.15, -0.1) is 0 Å². The Morgan fingerprint density at radius 2 is 2.25 bits per heavy atom. The SMILES string of the molecule is C[SiH](CCC1=CCCCC1)C1CCCCO1. The molecule has 1 saturated heterocycles. The van der Waals surface area contributed by atoms with Gasteiger partial charge in [0.1, 0.15) is 0 Å². The molecule has 2 atom stereocenters. The van der Waals surface area contributed by atoms with Crippen LogP contribution >= 0.6 is 0 Å². The zero-order valence-electron chi connectivity index (χ0n) is 10.7.